The first-order valence-corrected chi connectivity index (χ1v) is 3.60. The molecule has 5 nitrogen and oxygen atoms in total. The molecule has 1 rings (SSSR count). The van der Waals surface area contributed by atoms with Crippen molar-refractivity contribution in [1.29, 1.82) is 0 Å². The van der Waals surface area contributed by atoms with Crippen LogP contribution < -0.4 is 16.7 Å². The molecule has 0 atom stereocenters. The minimum Gasteiger partial charge on any atom is -0.277 e. The molecule has 0 amide bonds. The Morgan fingerprint density at radius 2 is 2.45 bits per heavy atom. The third-order valence-corrected chi connectivity index (χ3v) is 1.25. The Hall–Kier alpha value is -0.780. The molecule has 0 aromatic heterocycles. The van der Waals surface area contributed by atoms with E-state index in [1.165, 1.54) is 0 Å². The van der Waals surface area contributed by atoms with Crippen molar-refractivity contribution < 1.29 is 0 Å². The summed E-state index contributed by atoms with van der Waals surface area (Å²) < 4.78 is 0. The van der Waals surface area contributed by atoms with E-state index in [0.29, 0.717) is 17.5 Å². The largest absolute Gasteiger partial charge is 0.277 e. The molecule has 0 saturated carbocycles. The quantitative estimate of drug-likeness (QED) is 0.378. The maximum Gasteiger partial charge on any atom is 0.141 e. The number of hydrogen-bond donors (Lipinski definition) is 3. The van der Waals surface area contributed by atoms with Gasteiger partial charge in [-0.1, -0.05) is 16.8 Å². The van der Waals surface area contributed by atoms with E-state index in [-0.39, 0.29) is 0 Å². The fraction of sp³-hybridized carbons (Fsp3) is 0.400. The Balaban J connectivity index is 2.69. The lowest BCUT2D eigenvalue weighted by Gasteiger charge is -2.23. The molecule has 0 aromatic rings. The summed E-state index contributed by atoms with van der Waals surface area (Å²) in [5.41, 5.74) is 5.35. The van der Waals surface area contributed by atoms with Gasteiger partial charge in [0.25, 0.3) is 0 Å². The maximum absolute atomic E-state index is 5.65. The van der Waals surface area contributed by atoms with Crippen molar-refractivity contribution >= 4 is 17.4 Å². The monoisotopic (exact) mass is 175 g/mol. The summed E-state index contributed by atoms with van der Waals surface area (Å²) in [5, 5.41) is 1.59. The molecule has 1 aliphatic heterocycles. The molecule has 0 aromatic carbocycles. The van der Waals surface area contributed by atoms with E-state index < -0.39 is 0 Å². The summed E-state index contributed by atoms with van der Waals surface area (Å²) in [4.78, 5) is 4.07. The van der Waals surface area contributed by atoms with Crippen LogP contribution in [0.4, 0.5) is 0 Å². The molecule has 1 heterocycles. The van der Waals surface area contributed by atoms with Gasteiger partial charge in [0.05, 0.1) is 0 Å². The lowest BCUT2D eigenvalue weighted by Crippen LogP contribution is -2.56. The first kappa shape index (κ1) is 8.32. The summed E-state index contributed by atoms with van der Waals surface area (Å²) in [5.74, 6) is 6.00. The minimum atomic E-state index is 0.443. The van der Waals surface area contributed by atoms with Crippen LogP contribution in [0.5, 0.6) is 0 Å². The zero-order valence-electron chi connectivity index (χ0n) is 6.13. The number of rotatable bonds is 1. The molecule has 1 aliphatic rings. The standard InChI is InChI=1S/C5H10ClN5/c1-2-8-5-3-4(6)9-11(7)10-5/h3,9H,2,7H2,1H3,(H,8,10). The van der Waals surface area contributed by atoms with Crippen LogP contribution >= 0.6 is 11.6 Å². The first-order chi connectivity index (χ1) is 5.22. The predicted molar refractivity (Wildman–Crippen MR) is 44.2 cm³/mol. The highest BCUT2D eigenvalue weighted by molar-refractivity contribution is 6.31. The van der Waals surface area contributed by atoms with Gasteiger partial charge in [-0.2, -0.15) is 0 Å². The van der Waals surface area contributed by atoms with Crippen LogP contribution in [0, 0.1) is 0 Å². The van der Waals surface area contributed by atoms with Crippen molar-refractivity contribution in [3.8, 4) is 0 Å². The summed E-state index contributed by atoms with van der Waals surface area (Å²) in [6.07, 6.45) is 1.66. The van der Waals surface area contributed by atoms with Gasteiger partial charge in [0, 0.05) is 12.6 Å². The van der Waals surface area contributed by atoms with Crippen LogP contribution in [0.2, 0.25) is 0 Å². The van der Waals surface area contributed by atoms with Gasteiger partial charge < -0.3 is 0 Å². The van der Waals surface area contributed by atoms with E-state index in [9.17, 15) is 0 Å². The van der Waals surface area contributed by atoms with Gasteiger partial charge in [0.1, 0.15) is 11.0 Å². The molecule has 4 N–H and O–H groups in total. The van der Waals surface area contributed by atoms with E-state index in [4.69, 9.17) is 17.4 Å². The Morgan fingerprint density at radius 3 is 3.00 bits per heavy atom. The predicted octanol–water partition coefficient (Wildman–Crippen LogP) is -0.316. The van der Waals surface area contributed by atoms with Gasteiger partial charge in [-0.05, 0) is 6.92 Å². The maximum atomic E-state index is 5.65. The summed E-state index contributed by atoms with van der Waals surface area (Å²) in [6, 6.07) is 0. The molecule has 0 unspecified atom stereocenters. The molecular weight excluding hydrogens is 166 g/mol. The van der Waals surface area contributed by atoms with Crippen LogP contribution in [-0.2, 0) is 0 Å². The van der Waals surface area contributed by atoms with Crippen molar-refractivity contribution in [2.24, 2.45) is 10.8 Å². The molecule has 0 spiro atoms. The third-order valence-electron chi connectivity index (χ3n) is 1.05. The Kier molecular flexibility index (Phi) is 2.70. The number of nitrogens with two attached hydrogens (primary N) is 1. The average molecular weight is 176 g/mol. The summed E-state index contributed by atoms with van der Waals surface area (Å²) >= 11 is 5.65. The van der Waals surface area contributed by atoms with Crippen molar-refractivity contribution in [3.05, 3.63) is 11.2 Å². The number of aliphatic imine (C=N–C) groups is 1. The Labute approximate surface area is 69.8 Å². The van der Waals surface area contributed by atoms with Crippen molar-refractivity contribution in [1.82, 2.24) is 16.1 Å². The van der Waals surface area contributed by atoms with Crippen LogP contribution in [-0.4, -0.2) is 17.6 Å². The SMILES string of the molecule is CCN=C1C=C(Cl)NN(N)N1. The van der Waals surface area contributed by atoms with Gasteiger partial charge in [-0.15, -0.1) is 0 Å². The first-order valence-electron chi connectivity index (χ1n) is 3.22. The molecular formula is C5H10ClN5. The molecule has 0 aliphatic carbocycles. The van der Waals surface area contributed by atoms with Gasteiger partial charge in [0.2, 0.25) is 0 Å². The van der Waals surface area contributed by atoms with Crippen molar-refractivity contribution in [2.75, 3.05) is 6.54 Å². The third kappa shape index (κ3) is 2.38. The minimum absolute atomic E-state index is 0.443. The van der Waals surface area contributed by atoms with E-state index in [1.807, 2.05) is 6.92 Å². The van der Waals surface area contributed by atoms with Crippen LogP contribution in [0.25, 0.3) is 0 Å². The molecule has 0 fully saturated rings. The fourth-order valence-electron chi connectivity index (χ4n) is 0.702. The number of halogens is 1. The Morgan fingerprint density at radius 1 is 1.73 bits per heavy atom. The highest BCUT2D eigenvalue weighted by Gasteiger charge is 2.08. The van der Waals surface area contributed by atoms with Crippen LogP contribution in [0.1, 0.15) is 6.92 Å². The molecule has 62 valence electrons. The lowest BCUT2D eigenvalue weighted by atomic mass is 10.5. The second-order valence-corrected chi connectivity index (χ2v) is 2.35. The fourth-order valence-corrected chi connectivity index (χ4v) is 0.897. The van der Waals surface area contributed by atoms with Gasteiger partial charge >= 0.3 is 0 Å². The molecule has 0 radical (unpaired) electrons. The van der Waals surface area contributed by atoms with Crippen molar-refractivity contribution in [2.45, 2.75) is 6.92 Å². The number of amidine groups is 1. The molecule has 6 heteroatoms. The van der Waals surface area contributed by atoms with Crippen LogP contribution in [0.3, 0.4) is 0 Å². The Bertz CT molecular complexity index is 199. The average Bonchev–Trinajstić information content (AvgIpc) is 1.85. The van der Waals surface area contributed by atoms with E-state index >= 15 is 0 Å². The van der Waals surface area contributed by atoms with E-state index in [1.54, 1.807) is 6.08 Å². The normalized spacial score (nSPS) is 22.5. The molecule has 11 heavy (non-hydrogen) atoms. The number of hydrogen-bond acceptors (Lipinski definition) is 4. The summed E-state index contributed by atoms with van der Waals surface area (Å²) in [6.45, 7) is 2.62. The number of nitrogens with zero attached hydrogens (tertiary/aromatic N) is 2. The second kappa shape index (κ2) is 3.56. The zero-order valence-corrected chi connectivity index (χ0v) is 6.89. The lowest BCUT2D eigenvalue weighted by molar-refractivity contribution is 0.179. The number of nitrogens with one attached hydrogen (secondary N) is 2. The second-order valence-electron chi connectivity index (χ2n) is 1.95. The topological polar surface area (TPSA) is 65.7 Å². The smallest absolute Gasteiger partial charge is 0.141 e. The summed E-state index contributed by atoms with van der Waals surface area (Å²) in [7, 11) is 0. The van der Waals surface area contributed by atoms with E-state index in [0.717, 1.165) is 5.23 Å². The highest BCUT2D eigenvalue weighted by atomic mass is 35.5. The molecule has 0 saturated heterocycles. The van der Waals surface area contributed by atoms with Gasteiger partial charge in [-0.3, -0.25) is 15.8 Å². The van der Waals surface area contributed by atoms with Crippen molar-refractivity contribution in [3.63, 3.8) is 0 Å². The van der Waals surface area contributed by atoms with E-state index in [2.05, 4.69) is 15.8 Å². The van der Waals surface area contributed by atoms with Gasteiger partial charge in [0.15, 0.2) is 0 Å². The highest BCUT2D eigenvalue weighted by Crippen LogP contribution is 1.99. The van der Waals surface area contributed by atoms with Crippen LogP contribution in [0.15, 0.2) is 16.2 Å². The number of hydrazine groups is 3. The molecule has 0 bridgehead atoms. The zero-order chi connectivity index (χ0) is 8.27. The van der Waals surface area contributed by atoms with Gasteiger partial charge in [-0.25, -0.2) is 5.84 Å².